The predicted octanol–water partition coefficient (Wildman–Crippen LogP) is 1.04. The number of methoxy groups -OCH3 is 1. The molecule has 1 aromatic rings. The highest BCUT2D eigenvalue weighted by molar-refractivity contribution is 5.83. The van der Waals surface area contributed by atoms with Gasteiger partial charge in [-0.1, -0.05) is 30.3 Å². The summed E-state index contributed by atoms with van der Waals surface area (Å²) in [5, 5.41) is 2.63. The number of ether oxygens (including phenoxy) is 1. The van der Waals surface area contributed by atoms with Crippen molar-refractivity contribution < 1.29 is 14.3 Å². The molecule has 0 aliphatic heterocycles. The van der Waals surface area contributed by atoms with Gasteiger partial charge in [-0.2, -0.15) is 0 Å². The van der Waals surface area contributed by atoms with E-state index in [1.54, 1.807) is 14.1 Å². The summed E-state index contributed by atoms with van der Waals surface area (Å²) in [4.78, 5) is 24.6. The van der Waals surface area contributed by atoms with Gasteiger partial charge in [0, 0.05) is 20.5 Å². The smallest absolute Gasteiger partial charge is 0.328 e. The average molecular weight is 250 g/mol. The number of nitrogens with one attached hydrogen (secondary N) is 1. The lowest BCUT2D eigenvalue weighted by molar-refractivity contribution is -0.142. The number of benzene rings is 1. The Hall–Kier alpha value is -2.04. The molecule has 0 bridgehead atoms. The van der Waals surface area contributed by atoms with Crippen molar-refractivity contribution in [3.8, 4) is 0 Å². The van der Waals surface area contributed by atoms with Crippen LogP contribution in [0.3, 0.4) is 0 Å². The van der Waals surface area contributed by atoms with E-state index in [2.05, 4.69) is 5.32 Å². The maximum atomic E-state index is 11.6. The van der Waals surface area contributed by atoms with E-state index in [4.69, 9.17) is 4.74 Å². The van der Waals surface area contributed by atoms with Crippen LogP contribution in [0.5, 0.6) is 0 Å². The Kier molecular flexibility index (Phi) is 5.17. The Balaban J connectivity index is 2.73. The summed E-state index contributed by atoms with van der Waals surface area (Å²) in [5.74, 6) is -0.450. The molecule has 0 heterocycles. The van der Waals surface area contributed by atoms with Crippen molar-refractivity contribution in [2.75, 3.05) is 21.2 Å². The normalized spacial score (nSPS) is 11.5. The van der Waals surface area contributed by atoms with Crippen LogP contribution in [-0.2, 0) is 16.0 Å². The first-order valence-electron chi connectivity index (χ1n) is 5.64. The SMILES string of the molecule is COC(=O)C(Cc1ccccc1)NC(=O)N(C)C. The van der Waals surface area contributed by atoms with Gasteiger partial charge in [0.15, 0.2) is 0 Å². The summed E-state index contributed by atoms with van der Waals surface area (Å²) in [6, 6.07) is 8.48. The zero-order valence-corrected chi connectivity index (χ0v) is 10.8. The summed E-state index contributed by atoms with van der Waals surface area (Å²) in [5.41, 5.74) is 0.965. The van der Waals surface area contributed by atoms with Crippen LogP contribution in [0.2, 0.25) is 0 Å². The lowest BCUT2D eigenvalue weighted by atomic mass is 10.1. The van der Waals surface area contributed by atoms with Crippen molar-refractivity contribution in [1.82, 2.24) is 10.2 Å². The zero-order valence-electron chi connectivity index (χ0n) is 10.8. The fraction of sp³-hybridized carbons (Fsp3) is 0.385. The van der Waals surface area contributed by atoms with Crippen LogP contribution in [0.15, 0.2) is 30.3 Å². The van der Waals surface area contributed by atoms with E-state index in [1.165, 1.54) is 12.0 Å². The van der Waals surface area contributed by atoms with Gasteiger partial charge < -0.3 is 15.0 Å². The first-order valence-corrected chi connectivity index (χ1v) is 5.64. The summed E-state index contributed by atoms with van der Waals surface area (Å²) in [7, 11) is 4.54. The highest BCUT2D eigenvalue weighted by Crippen LogP contribution is 2.04. The molecule has 1 rings (SSSR count). The first-order chi connectivity index (χ1) is 8.54. The third-order valence-electron chi connectivity index (χ3n) is 2.47. The number of hydrogen-bond donors (Lipinski definition) is 1. The van der Waals surface area contributed by atoms with Crippen molar-refractivity contribution >= 4 is 12.0 Å². The summed E-state index contributed by atoms with van der Waals surface area (Å²) in [6.45, 7) is 0. The number of hydrogen-bond acceptors (Lipinski definition) is 3. The molecule has 1 aromatic carbocycles. The third kappa shape index (κ3) is 4.08. The van der Waals surface area contributed by atoms with Crippen molar-refractivity contribution in [2.24, 2.45) is 0 Å². The minimum absolute atomic E-state index is 0.318. The monoisotopic (exact) mass is 250 g/mol. The molecule has 2 amide bonds. The molecule has 1 atom stereocenters. The molecule has 0 fully saturated rings. The van der Waals surface area contributed by atoms with Gasteiger partial charge in [-0.3, -0.25) is 0 Å². The van der Waals surface area contributed by atoms with E-state index in [-0.39, 0.29) is 6.03 Å². The minimum atomic E-state index is -0.674. The third-order valence-corrected chi connectivity index (χ3v) is 2.47. The largest absolute Gasteiger partial charge is 0.467 e. The Labute approximate surface area is 107 Å². The van der Waals surface area contributed by atoms with Crippen LogP contribution in [0.1, 0.15) is 5.56 Å². The number of amides is 2. The standard InChI is InChI=1S/C13H18N2O3/c1-15(2)13(17)14-11(12(16)18-3)9-10-7-5-4-6-8-10/h4-8,11H,9H2,1-3H3,(H,14,17). The van der Waals surface area contributed by atoms with E-state index in [9.17, 15) is 9.59 Å². The van der Waals surface area contributed by atoms with Gasteiger partial charge >= 0.3 is 12.0 Å². The second kappa shape index (κ2) is 6.64. The van der Waals surface area contributed by atoms with Gasteiger partial charge in [0.1, 0.15) is 6.04 Å². The van der Waals surface area contributed by atoms with Crippen LogP contribution in [0.25, 0.3) is 0 Å². The summed E-state index contributed by atoms with van der Waals surface area (Å²) < 4.78 is 4.69. The Morgan fingerprint density at radius 3 is 2.39 bits per heavy atom. The molecule has 98 valence electrons. The van der Waals surface area contributed by atoms with Gasteiger partial charge in [0.25, 0.3) is 0 Å². The van der Waals surface area contributed by atoms with Crippen LogP contribution < -0.4 is 5.32 Å². The van der Waals surface area contributed by atoms with Crippen molar-refractivity contribution in [3.05, 3.63) is 35.9 Å². The second-order valence-electron chi connectivity index (χ2n) is 4.11. The van der Waals surface area contributed by atoms with Crippen molar-refractivity contribution in [3.63, 3.8) is 0 Å². The zero-order chi connectivity index (χ0) is 13.5. The molecule has 1 N–H and O–H groups in total. The lowest BCUT2D eigenvalue weighted by Gasteiger charge is -2.19. The molecule has 0 saturated carbocycles. The maximum absolute atomic E-state index is 11.6. The van der Waals surface area contributed by atoms with Gasteiger partial charge in [-0.05, 0) is 5.56 Å². The fourth-order valence-electron chi connectivity index (χ4n) is 1.46. The van der Waals surface area contributed by atoms with E-state index >= 15 is 0 Å². The maximum Gasteiger partial charge on any atom is 0.328 e. The van der Waals surface area contributed by atoms with Crippen molar-refractivity contribution in [1.29, 1.82) is 0 Å². The van der Waals surface area contributed by atoms with Crippen molar-refractivity contribution in [2.45, 2.75) is 12.5 Å². The van der Waals surface area contributed by atoms with Gasteiger partial charge in [-0.15, -0.1) is 0 Å². The Morgan fingerprint density at radius 2 is 1.89 bits per heavy atom. The molecule has 18 heavy (non-hydrogen) atoms. The van der Waals surface area contributed by atoms with Crippen LogP contribution in [0, 0.1) is 0 Å². The number of urea groups is 1. The van der Waals surface area contributed by atoms with E-state index < -0.39 is 12.0 Å². The van der Waals surface area contributed by atoms with E-state index in [0.29, 0.717) is 6.42 Å². The molecule has 0 saturated heterocycles. The van der Waals surface area contributed by atoms with E-state index in [1.807, 2.05) is 30.3 Å². The molecule has 0 aromatic heterocycles. The summed E-state index contributed by atoms with van der Waals surface area (Å²) >= 11 is 0. The molecular formula is C13H18N2O3. The Bertz CT molecular complexity index is 404. The molecular weight excluding hydrogens is 232 g/mol. The molecule has 0 radical (unpaired) electrons. The minimum Gasteiger partial charge on any atom is -0.467 e. The average Bonchev–Trinajstić information content (AvgIpc) is 2.38. The fourth-order valence-corrected chi connectivity index (χ4v) is 1.46. The summed E-state index contributed by atoms with van der Waals surface area (Å²) in [6.07, 6.45) is 0.410. The van der Waals surface area contributed by atoms with E-state index in [0.717, 1.165) is 5.56 Å². The van der Waals surface area contributed by atoms with Gasteiger partial charge in [0.05, 0.1) is 7.11 Å². The molecule has 0 aliphatic carbocycles. The highest BCUT2D eigenvalue weighted by atomic mass is 16.5. The van der Waals surface area contributed by atoms with Gasteiger partial charge in [0.2, 0.25) is 0 Å². The van der Waals surface area contributed by atoms with Gasteiger partial charge in [-0.25, -0.2) is 9.59 Å². The molecule has 1 unspecified atom stereocenters. The molecule has 0 aliphatic rings. The number of carbonyl (C=O) groups excluding carboxylic acids is 2. The highest BCUT2D eigenvalue weighted by Gasteiger charge is 2.22. The first kappa shape index (κ1) is 14.0. The quantitative estimate of drug-likeness (QED) is 0.812. The topological polar surface area (TPSA) is 58.6 Å². The second-order valence-corrected chi connectivity index (χ2v) is 4.11. The van der Waals surface area contributed by atoms with Crippen LogP contribution in [0.4, 0.5) is 4.79 Å². The lowest BCUT2D eigenvalue weighted by Crippen LogP contribution is -2.47. The molecule has 5 nitrogen and oxygen atoms in total. The molecule has 5 heteroatoms. The van der Waals surface area contributed by atoms with Crippen LogP contribution in [-0.4, -0.2) is 44.1 Å². The number of nitrogens with zero attached hydrogens (tertiary/aromatic N) is 1. The molecule has 0 spiro atoms. The predicted molar refractivity (Wildman–Crippen MR) is 68.2 cm³/mol. The number of carbonyl (C=O) groups is 2. The Morgan fingerprint density at radius 1 is 1.28 bits per heavy atom. The number of rotatable bonds is 4. The number of esters is 1. The van der Waals surface area contributed by atoms with Crippen LogP contribution >= 0.6 is 0 Å².